The van der Waals surface area contributed by atoms with E-state index in [9.17, 15) is 4.79 Å². The molecule has 1 heterocycles. The summed E-state index contributed by atoms with van der Waals surface area (Å²) >= 11 is 0. The van der Waals surface area contributed by atoms with Crippen LogP contribution in [0.5, 0.6) is 0 Å². The maximum absolute atomic E-state index is 12.0. The summed E-state index contributed by atoms with van der Waals surface area (Å²) in [4.78, 5) is 14.2. The van der Waals surface area contributed by atoms with Crippen molar-refractivity contribution in [3.8, 4) is 0 Å². The molecule has 1 fully saturated rings. The van der Waals surface area contributed by atoms with Crippen LogP contribution >= 0.6 is 0 Å². The lowest BCUT2D eigenvalue weighted by Gasteiger charge is -2.40. The number of anilines is 1. The van der Waals surface area contributed by atoms with E-state index in [1.807, 2.05) is 42.5 Å². The van der Waals surface area contributed by atoms with Gasteiger partial charge in [0.05, 0.1) is 5.56 Å². The fourth-order valence-electron chi connectivity index (χ4n) is 2.51. The summed E-state index contributed by atoms with van der Waals surface area (Å²) < 4.78 is 5.30. The van der Waals surface area contributed by atoms with Crippen molar-refractivity contribution >= 4 is 11.7 Å². The quantitative estimate of drug-likeness (QED) is 0.861. The highest BCUT2D eigenvalue weighted by molar-refractivity contribution is 5.89. The summed E-state index contributed by atoms with van der Waals surface area (Å²) in [6, 6.07) is 17.1. The SMILES string of the molecule is O=C(OCc1ccccc1)c1ccc(N2CC(CO)C2)cc1. The molecular weight excluding hydrogens is 278 g/mol. The molecule has 2 aromatic carbocycles. The molecule has 1 aliphatic rings. The van der Waals surface area contributed by atoms with E-state index in [1.54, 1.807) is 12.1 Å². The van der Waals surface area contributed by atoms with E-state index in [2.05, 4.69) is 4.90 Å². The minimum Gasteiger partial charge on any atom is -0.457 e. The normalized spacial score (nSPS) is 14.5. The number of carbonyl (C=O) groups is 1. The van der Waals surface area contributed by atoms with Gasteiger partial charge in [-0.05, 0) is 29.8 Å². The maximum Gasteiger partial charge on any atom is 0.338 e. The van der Waals surface area contributed by atoms with Crippen LogP contribution < -0.4 is 4.90 Å². The summed E-state index contributed by atoms with van der Waals surface area (Å²) in [5.41, 5.74) is 2.60. The smallest absolute Gasteiger partial charge is 0.338 e. The number of ether oxygens (including phenoxy) is 1. The van der Waals surface area contributed by atoms with Gasteiger partial charge in [-0.25, -0.2) is 4.79 Å². The first-order chi connectivity index (χ1) is 10.8. The van der Waals surface area contributed by atoms with Gasteiger partial charge in [0.15, 0.2) is 0 Å². The molecule has 4 nitrogen and oxygen atoms in total. The Morgan fingerprint density at radius 1 is 1.09 bits per heavy atom. The van der Waals surface area contributed by atoms with Crippen LogP contribution in [0.1, 0.15) is 15.9 Å². The molecule has 0 amide bonds. The van der Waals surface area contributed by atoms with E-state index in [0.29, 0.717) is 11.5 Å². The molecule has 1 N–H and O–H groups in total. The number of nitrogens with zero attached hydrogens (tertiary/aromatic N) is 1. The van der Waals surface area contributed by atoms with Gasteiger partial charge in [0, 0.05) is 31.3 Å². The largest absolute Gasteiger partial charge is 0.457 e. The van der Waals surface area contributed by atoms with Crippen LogP contribution in [0.15, 0.2) is 54.6 Å². The van der Waals surface area contributed by atoms with Crippen LogP contribution in [0.2, 0.25) is 0 Å². The zero-order chi connectivity index (χ0) is 15.4. The van der Waals surface area contributed by atoms with Gasteiger partial charge in [-0.15, -0.1) is 0 Å². The maximum atomic E-state index is 12.0. The highest BCUT2D eigenvalue weighted by Crippen LogP contribution is 2.24. The van der Waals surface area contributed by atoms with E-state index >= 15 is 0 Å². The van der Waals surface area contributed by atoms with Gasteiger partial charge in [0.1, 0.15) is 6.61 Å². The Kier molecular flexibility index (Phi) is 4.39. The number of benzene rings is 2. The minimum atomic E-state index is -0.313. The molecule has 1 aliphatic heterocycles. The Morgan fingerprint density at radius 2 is 1.77 bits per heavy atom. The Morgan fingerprint density at radius 3 is 2.41 bits per heavy atom. The lowest BCUT2D eigenvalue weighted by Crippen LogP contribution is -2.48. The number of rotatable bonds is 5. The van der Waals surface area contributed by atoms with Gasteiger partial charge in [-0.3, -0.25) is 0 Å². The molecule has 0 atom stereocenters. The molecule has 0 spiro atoms. The summed E-state index contributed by atoms with van der Waals surface area (Å²) in [5, 5.41) is 9.03. The van der Waals surface area contributed by atoms with Crippen LogP contribution in [-0.4, -0.2) is 30.8 Å². The predicted octanol–water partition coefficient (Wildman–Crippen LogP) is 2.47. The van der Waals surface area contributed by atoms with Crippen molar-refractivity contribution in [3.05, 3.63) is 65.7 Å². The Hall–Kier alpha value is -2.33. The fourth-order valence-corrected chi connectivity index (χ4v) is 2.51. The van der Waals surface area contributed by atoms with E-state index in [0.717, 1.165) is 24.3 Å². The second kappa shape index (κ2) is 6.62. The average Bonchev–Trinajstić information content (AvgIpc) is 2.53. The van der Waals surface area contributed by atoms with Gasteiger partial charge < -0.3 is 14.7 Å². The van der Waals surface area contributed by atoms with Crippen molar-refractivity contribution < 1.29 is 14.6 Å². The second-order valence-electron chi connectivity index (χ2n) is 5.56. The first-order valence-corrected chi connectivity index (χ1v) is 7.43. The topological polar surface area (TPSA) is 49.8 Å². The Bertz CT molecular complexity index is 619. The second-order valence-corrected chi connectivity index (χ2v) is 5.56. The molecule has 4 heteroatoms. The first-order valence-electron chi connectivity index (χ1n) is 7.43. The molecule has 1 saturated heterocycles. The van der Waals surface area contributed by atoms with Crippen molar-refractivity contribution in [2.24, 2.45) is 5.92 Å². The lowest BCUT2D eigenvalue weighted by atomic mass is 10.00. The molecule has 114 valence electrons. The molecule has 3 rings (SSSR count). The first kappa shape index (κ1) is 14.6. The van der Waals surface area contributed by atoms with Crippen molar-refractivity contribution in [1.82, 2.24) is 0 Å². The minimum absolute atomic E-state index is 0.237. The summed E-state index contributed by atoms with van der Waals surface area (Å²) in [5.74, 6) is 0.0581. The number of aliphatic hydroxyl groups is 1. The van der Waals surface area contributed by atoms with Crippen LogP contribution in [0, 0.1) is 5.92 Å². The number of aliphatic hydroxyl groups excluding tert-OH is 1. The van der Waals surface area contributed by atoms with Crippen molar-refractivity contribution in [2.45, 2.75) is 6.61 Å². The van der Waals surface area contributed by atoms with Crippen LogP contribution in [0.4, 0.5) is 5.69 Å². The average molecular weight is 297 g/mol. The Labute approximate surface area is 130 Å². The molecule has 0 bridgehead atoms. The molecule has 0 radical (unpaired) electrons. The van der Waals surface area contributed by atoms with Crippen molar-refractivity contribution in [1.29, 1.82) is 0 Å². The van der Waals surface area contributed by atoms with Crippen molar-refractivity contribution in [3.63, 3.8) is 0 Å². The number of hydrogen-bond acceptors (Lipinski definition) is 4. The molecule has 0 aromatic heterocycles. The Balaban J connectivity index is 1.55. The van der Waals surface area contributed by atoms with Gasteiger partial charge in [0.2, 0.25) is 0 Å². The zero-order valence-electron chi connectivity index (χ0n) is 12.3. The van der Waals surface area contributed by atoms with E-state index < -0.39 is 0 Å². The third-order valence-corrected chi connectivity index (χ3v) is 3.90. The van der Waals surface area contributed by atoms with Crippen molar-refractivity contribution in [2.75, 3.05) is 24.6 Å². The molecule has 0 unspecified atom stereocenters. The number of hydrogen-bond donors (Lipinski definition) is 1. The number of esters is 1. The van der Waals surface area contributed by atoms with Gasteiger partial charge in [-0.2, -0.15) is 0 Å². The molecule has 2 aromatic rings. The molecule has 22 heavy (non-hydrogen) atoms. The monoisotopic (exact) mass is 297 g/mol. The zero-order valence-corrected chi connectivity index (χ0v) is 12.3. The van der Waals surface area contributed by atoms with E-state index in [-0.39, 0.29) is 19.2 Å². The lowest BCUT2D eigenvalue weighted by molar-refractivity contribution is 0.0473. The third-order valence-electron chi connectivity index (χ3n) is 3.90. The fraction of sp³-hybridized carbons (Fsp3) is 0.278. The highest BCUT2D eigenvalue weighted by atomic mass is 16.5. The summed E-state index contributed by atoms with van der Waals surface area (Å²) in [6.45, 7) is 2.26. The van der Waals surface area contributed by atoms with Crippen LogP contribution in [0.25, 0.3) is 0 Å². The van der Waals surface area contributed by atoms with Gasteiger partial charge in [0.25, 0.3) is 0 Å². The van der Waals surface area contributed by atoms with E-state index in [4.69, 9.17) is 9.84 Å². The summed E-state index contributed by atoms with van der Waals surface area (Å²) in [7, 11) is 0. The number of carbonyl (C=O) groups excluding carboxylic acids is 1. The van der Waals surface area contributed by atoms with E-state index in [1.165, 1.54) is 0 Å². The van der Waals surface area contributed by atoms with Crippen LogP contribution in [-0.2, 0) is 11.3 Å². The standard InChI is InChI=1S/C18H19NO3/c20-12-15-10-19(11-15)17-8-6-16(7-9-17)18(21)22-13-14-4-2-1-3-5-14/h1-9,15,20H,10-13H2. The molecule has 0 aliphatic carbocycles. The summed E-state index contributed by atoms with van der Waals surface area (Å²) in [6.07, 6.45) is 0. The van der Waals surface area contributed by atoms with Gasteiger partial charge >= 0.3 is 5.97 Å². The molecular formula is C18H19NO3. The van der Waals surface area contributed by atoms with Crippen LogP contribution in [0.3, 0.4) is 0 Å². The predicted molar refractivity (Wildman–Crippen MR) is 84.8 cm³/mol. The highest BCUT2D eigenvalue weighted by Gasteiger charge is 2.25. The molecule has 0 saturated carbocycles. The third kappa shape index (κ3) is 3.28. The van der Waals surface area contributed by atoms with Gasteiger partial charge in [-0.1, -0.05) is 30.3 Å².